The predicted molar refractivity (Wildman–Crippen MR) is 86.1 cm³/mol. The zero-order valence-electron chi connectivity index (χ0n) is 13.4. The molecule has 0 aliphatic heterocycles. The molecule has 10 heteroatoms. The number of aromatic carboxylic acids is 2. The van der Waals surface area contributed by atoms with E-state index in [4.69, 9.17) is 14.9 Å². The fourth-order valence-electron chi connectivity index (χ4n) is 2.18. The van der Waals surface area contributed by atoms with Crippen molar-refractivity contribution in [1.29, 1.82) is 0 Å². The molecular weight excluding hydrogens is 348 g/mol. The third-order valence-corrected chi connectivity index (χ3v) is 3.30. The van der Waals surface area contributed by atoms with E-state index in [0.29, 0.717) is 4.68 Å². The summed E-state index contributed by atoms with van der Waals surface area (Å²) in [7, 11) is 0. The molecule has 0 spiro atoms. The molecule has 0 aliphatic carbocycles. The van der Waals surface area contributed by atoms with Gasteiger partial charge in [-0.2, -0.15) is 0 Å². The predicted octanol–water partition coefficient (Wildman–Crippen LogP) is 1.15. The maximum absolute atomic E-state index is 12.4. The number of carboxylic acid groups (broad SMARTS) is 2. The van der Waals surface area contributed by atoms with Crippen LogP contribution in [0.2, 0.25) is 0 Å². The standard InChI is InChI=1S/C16H14N2O8/c1-2-26-16(25)9-6-4-3-5-8(9)13(20)17-18-7-10(14(21)22)12(19)11(18)15(23)24/h3-7,19H,2H2,1H3,(H,17,20)(H,21,22)(H,23,24). The van der Waals surface area contributed by atoms with Gasteiger partial charge in [0, 0.05) is 6.20 Å². The number of benzene rings is 1. The highest BCUT2D eigenvalue weighted by Crippen LogP contribution is 2.24. The van der Waals surface area contributed by atoms with Crippen LogP contribution in [0.1, 0.15) is 48.5 Å². The summed E-state index contributed by atoms with van der Waals surface area (Å²) in [5.74, 6) is -5.90. The van der Waals surface area contributed by atoms with Gasteiger partial charge in [0.2, 0.25) is 0 Å². The first-order chi connectivity index (χ1) is 12.3. The van der Waals surface area contributed by atoms with Gasteiger partial charge >= 0.3 is 17.9 Å². The maximum Gasteiger partial charge on any atom is 0.358 e. The van der Waals surface area contributed by atoms with E-state index >= 15 is 0 Å². The van der Waals surface area contributed by atoms with Crippen molar-refractivity contribution in [2.24, 2.45) is 0 Å². The van der Waals surface area contributed by atoms with Gasteiger partial charge in [0.15, 0.2) is 11.4 Å². The number of carboxylic acids is 2. The van der Waals surface area contributed by atoms with Crippen molar-refractivity contribution in [1.82, 2.24) is 4.68 Å². The van der Waals surface area contributed by atoms with Gasteiger partial charge in [-0.1, -0.05) is 12.1 Å². The highest BCUT2D eigenvalue weighted by atomic mass is 16.5. The number of carbonyl (C=O) groups is 4. The minimum atomic E-state index is -1.66. The average molecular weight is 362 g/mol. The number of rotatable bonds is 6. The summed E-state index contributed by atoms with van der Waals surface area (Å²) < 4.78 is 5.41. The van der Waals surface area contributed by atoms with Crippen LogP contribution in [0.3, 0.4) is 0 Å². The molecule has 2 aromatic rings. The van der Waals surface area contributed by atoms with Crippen molar-refractivity contribution in [3.8, 4) is 5.75 Å². The molecule has 0 saturated heterocycles. The van der Waals surface area contributed by atoms with E-state index in [1.54, 1.807) is 6.92 Å². The smallest absolute Gasteiger partial charge is 0.358 e. The van der Waals surface area contributed by atoms with Gasteiger partial charge in [0.25, 0.3) is 5.91 Å². The van der Waals surface area contributed by atoms with Gasteiger partial charge in [-0.3, -0.25) is 10.2 Å². The molecule has 1 aromatic carbocycles. The van der Waals surface area contributed by atoms with Crippen LogP contribution in [-0.4, -0.2) is 50.4 Å². The van der Waals surface area contributed by atoms with Crippen molar-refractivity contribution < 1.29 is 39.2 Å². The normalized spacial score (nSPS) is 10.2. The second-order valence-electron chi connectivity index (χ2n) is 4.93. The summed E-state index contributed by atoms with van der Waals surface area (Å²) in [5.41, 5.74) is 0.402. The molecule has 1 amide bonds. The molecule has 10 nitrogen and oxygen atoms in total. The number of ether oxygens (including phenoxy) is 1. The second-order valence-corrected chi connectivity index (χ2v) is 4.93. The molecule has 1 heterocycles. The third-order valence-electron chi connectivity index (χ3n) is 3.30. The molecular formula is C16H14N2O8. The van der Waals surface area contributed by atoms with Crippen LogP contribution in [0.5, 0.6) is 5.75 Å². The lowest BCUT2D eigenvalue weighted by Crippen LogP contribution is -2.27. The van der Waals surface area contributed by atoms with Gasteiger partial charge in [0.05, 0.1) is 17.7 Å². The Labute approximate surface area is 146 Å². The third kappa shape index (κ3) is 3.48. The summed E-state index contributed by atoms with van der Waals surface area (Å²) >= 11 is 0. The lowest BCUT2D eigenvalue weighted by molar-refractivity contribution is 0.0522. The van der Waals surface area contributed by atoms with Gasteiger partial charge < -0.3 is 20.1 Å². The average Bonchev–Trinajstić information content (AvgIpc) is 2.91. The quantitative estimate of drug-likeness (QED) is 0.558. The molecule has 0 bridgehead atoms. The largest absolute Gasteiger partial charge is 0.505 e. The molecule has 0 atom stereocenters. The van der Waals surface area contributed by atoms with Crippen molar-refractivity contribution in [3.63, 3.8) is 0 Å². The van der Waals surface area contributed by atoms with Crippen LogP contribution < -0.4 is 5.43 Å². The lowest BCUT2D eigenvalue weighted by atomic mass is 10.1. The Morgan fingerprint density at radius 1 is 1.04 bits per heavy atom. The molecule has 136 valence electrons. The molecule has 4 N–H and O–H groups in total. The van der Waals surface area contributed by atoms with E-state index in [9.17, 15) is 24.3 Å². The van der Waals surface area contributed by atoms with E-state index in [2.05, 4.69) is 5.43 Å². The minimum Gasteiger partial charge on any atom is -0.505 e. The van der Waals surface area contributed by atoms with Gasteiger partial charge in [-0.15, -0.1) is 0 Å². The van der Waals surface area contributed by atoms with Gasteiger partial charge in [-0.05, 0) is 19.1 Å². The number of carbonyl (C=O) groups excluding carboxylic acids is 2. The zero-order chi connectivity index (χ0) is 19.4. The van der Waals surface area contributed by atoms with E-state index in [0.717, 1.165) is 6.20 Å². The van der Waals surface area contributed by atoms with Crippen LogP contribution in [0, 0.1) is 0 Å². The monoisotopic (exact) mass is 362 g/mol. The van der Waals surface area contributed by atoms with E-state index in [1.165, 1.54) is 24.3 Å². The van der Waals surface area contributed by atoms with Crippen molar-refractivity contribution >= 4 is 23.8 Å². The highest BCUT2D eigenvalue weighted by Gasteiger charge is 2.27. The lowest BCUT2D eigenvalue weighted by Gasteiger charge is -2.11. The van der Waals surface area contributed by atoms with Crippen LogP contribution >= 0.6 is 0 Å². The van der Waals surface area contributed by atoms with Crippen LogP contribution in [0.15, 0.2) is 30.5 Å². The first-order valence-electron chi connectivity index (χ1n) is 7.26. The number of nitrogens with zero attached hydrogens (tertiary/aromatic N) is 1. The van der Waals surface area contributed by atoms with Crippen molar-refractivity contribution in [2.45, 2.75) is 6.92 Å². The van der Waals surface area contributed by atoms with Crippen LogP contribution in [0.25, 0.3) is 0 Å². The van der Waals surface area contributed by atoms with Crippen molar-refractivity contribution in [3.05, 3.63) is 52.8 Å². The highest BCUT2D eigenvalue weighted by molar-refractivity contribution is 6.09. The second kappa shape index (κ2) is 7.38. The topological polar surface area (TPSA) is 155 Å². The Morgan fingerprint density at radius 3 is 2.19 bits per heavy atom. The van der Waals surface area contributed by atoms with E-state index in [-0.39, 0.29) is 17.7 Å². The zero-order valence-corrected chi connectivity index (χ0v) is 13.4. The summed E-state index contributed by atoms with van der Waals surface area (Å²) in [6, 6.07) is 5.64. The number of hydrogen-bond donors (Lipinski definition) is 4. The van der Waals surface area contributed by atoms with E-state index < -0.39 is 40.8 Å². The summed E-state index contributed by atoms with van der Waals surface area (Å²) in [4.78, 5) is 46.7. The number of aromatic hydroxyl groups is 1. The molecule has 0 fully saturated rings. The van der Waals surface area contributed by atoms with Gasteiger partial charge in [0.1, 0.15) is 5.56 Å². The molecule has 26 heavy (non-hydrogen) atoms. The molecule has 1 aromatic heterocycles. The number of hydrogen-bond acceptors (Lipinski definition) is 6. The Balaban J connectivity index is 2.43. The summed E-state index contributed by atoms with van der Waals surface area (Å²) in [5, 5.41) is 27.8. The number of amides is 1. The van der Waals surface area contributed by atoms with Crippen LogP contribution in [-0.2, 0) is 4.74 Å². The Kier molecular flexibility index (Phi) is 5.26. The van der Waals surface area contributed by atoms with E-state index in [1.807, 2.05) is 0 Å². The number of esters is 1. The Bertz CT molecular complexity index is 900. The molecule has 2 rings (SSSR count). The Hall–Kier alpha value is -3.82. The molecule has 0 aliphatic rings. The maximum atomic E-state index is 12.4. The Morgan fingerprint density at radius 2 is 1.65 bits per heavy atom. The molecule has 0 unspecified atom stereocenters. The fourth-order valence-corrected chi connectivity index (χ4v) is 2.18. The summed E-state index contributed by atoms with van der Waals surface area (Å²) in [6.45, 7) is 1.68. The number of aromatic nitrogens is 1. The molecule has 0 radical (unpaired) electrons. The van der Waals surface area contributed by atoms with Crippen LogP contribution in [0.4, 0.5) is 0 Å². The first kappa shape index (κ1) is 18.5. The molecule has 0 saturated carbocycles. The fraction of sp³-hybridized carbons (Fsp3) is 0.125. The van der Waals surface area contributed by atoms with Crippen molar-refractivity contribution in [2.75, 3.05) is 12.0 Å². The first-order valence-corrected chi connectivity index (χ1v) is 7.26. The minimum absolute atomic E-state index is 0.0569. The SMILES string of the molecule is CCOC(=O)c1ccccc1C(=O)Nn1cc(C(=O)O)c(O)c1C(=O)O. The summed E-state index contributed by atoms with van der Waals surface area (Å²) in [6.07, 6.45) is 0.742. The van der Waals surface area contributed by atoms with Gasteiger partial charge in [-0.25, -0.2) is 19.1 Å². The number of nitrogens with one attached hydrogen (secondary N) is 1.